The van der Waals surface area contributed by atoms with Crippen LogP contribution >= 0.6 is 0 Å². The zero-order valence-electron chi connectivity index (χ0n) is 11.4. The molecule has 0 aliphatic heterocycles. The van der Waals surface area contributed by atoms with Gasteiger partial charge in [0, 0.05) is 20.2 Å². The van der Waals surface area contributed by atoms with Crippen LogP contribution in [0.3, 0.4) is 0 Å². The van der Waals surface area contributed by atoms with Crippen LogP contribution in [-0.4, -0.2) is 48.4 Å². The van der Waals surface area contributed by atoms with Crippen molar-refractivity contribution in [2.24, 2.45) is 0 Å². The monoisotopic (exact) mass is 255 g/mol. The van der Waals surface area contributed by atoms with E-state index in [0.717, 1.165) is 13.0 Å². The molecule has 0 saturated carbocycles. The highest BCUT2D eigenvalue weighted by Crippen LogP contribution is 2.10. The summed E-state index contributed by atoms with van der Waals surface area (Å²) in [6, 6.07) is 0.288. The van der Waals surface area contributed by atoms with E-state index in [2.05, 4.69) is 32.5 Å². The first kappa shape index (κ1) is 14.4. The van der Waals surface area contributed by atoms with Crippen molar-refractivity contribution in [2.45, 2.75) is 26.4 Å². The van der Waals surface area contributed by atoms with Crippen LogP contribution in [-0.2, 0) is 4.74 Å². The van der Waals surface area contributed by atoms with Crippen molar-refractivity contribution in [1.82, 2.24) is 15.0 Å². The van der Waals surface area contributed by atoms with Crippen molar-refractivity contribution in [3.63, 3.8) is 0 Å². The van der Waals surface area contributed by atoms with Crippen molar-refractivity contribution in [3.05, 3.63) is 0 Å². The molecule has 2 N–H and O–H groups in total. The molecule has 0 aliphatic carbocycles. The van der Waals surface area contributed by atoms with E-state index in [0.29, 0.717) is 18.4 Å². The highest BCUT2D eigenvalue weighted by molar-refractivity contribution is 5.35. The predicted molar refractivity (Wildman–Crippen MR) is 70.1 cm³/mol. The molecule has 0 bridgehead atoms. The van der Waals surface area contributed by atoms with Gasteiger partial charge in [0.15, 0.2) is 0 Å². The molecule has 1 rings (SSSR count). The lowest BCUT2D eigenvalue weighted by Crippen LogP contribution is -2.20. The predicted octanol–water partition coefficient (Wildman–Crippen LogP) is 1.15. The van der Waals surface area contributed by atoms with Crippen LogP contribution < -0.4 is 15.4 Å². The van der Waals surface area contributed by atoms with E-state index in [1.807, 2.05) is 6.92 Å². The summed E-state index contributed by atoms with van der Waals surface area (Å²) in [5.74, 6) is 0.987. The second-order valence-corrected chi connectivity index (χ2v) is 3.82. The Morgan fingerprint density at radius 1 is 1.11 bits per heavy atom. The summed E-state index contributed by atoms with van der Waals surface area (Å²) in [4.78, 5) is 12.5. The Kier molecular flexibility index (Phi) is 6.13. The molecular formula is C11H21N5O2. The molecule has 1 heterocycles. The van der Waals surface area contributed by atoms with Crippen molar-refractivity contribution < 1.29 is 9.47 Å². The Morgan fingerprint density at radius 2 is 1.78 bits per heavy atom. The molecule has 1 unspecified atom stereocenters. The van der Waals surface area contributed by atoms with E-state index in [1.165, 1.54) is 7.11 Å². The van der Waals surface area contributed by atoms with Gasteiger partial charge in [-0.2, -0.15) is 15.0 Å². The van der Waals surface area contributed by atoms with E-state index < -0.39 is 0 Å². The molecule has 1 aromatic heterocycles. The number of rotatable bonds is 8. The van der Waals surface area contributed by atoms with Crippen LogP contribution in [0.5, 0.6) is 6.01 Å². The SMILES string of the molecule is CCCNc1nc(NCC(C)OC)nc(OC)n1. The van der Waals surface area contributed by atoms with Gasteiger partial charge in [0.05, 0.1) is 13.2 Å². The van der Waals surface area contributed by atoms with E-state index >= 15 is 0 Å². The molecule has 0 saturated heterocycles. The fourth-order valence-electron chi connectivity index (χ4n) is 1.16. The Balaban J connectivity index is 2.70. The van der Waals surface area contributed by atoms with Crippen molar-refractivity contribution >= 4 is 11.9 Å². The number of hydrogen-bond donors (Lipinski definition) is 2. The minimum atomic E-state index is 0.0832. The summed E-state index contributed by atoms with van der Waals surface area (Å²) < 4.78 is 10.2. The Labute approximate surface area is 107 Å². The third-order valence-corrected chi connectivity index (χ3v) is 2.28. The number of anilines is 2. The van der Waals surface area contributed by atoms with E-state index in [4.69, 9.17) is 9.47 Å². The molecule has 102 valence electrons. The quantitative estimate of drug-likeness (QED) is 0.721. The van der Waals surface area contributed by atoms with Crippen LogP contribution in [0.15, 0.2) is 0 Å². The minimum Gasteiger partial charge on any atom is -0.467 e. The Morgan fingerprint density at radius 3 is 2.33 bits per heavy atom. The minimum absolute atomic E-state index is 0.0832. The summed E-state index contributed by atoms with van der Waals surface area (Å²) in [6.45, 7) is 5.46. The van der Waals surface area contributed by atoms with Crippen molar-refractivity contribution in [2.75, 3.05) is 37.9 Å². The largest absolute Gasteiger partial charge is 0.467 e. The van der Waals surface area contributed by atoms with Crippen molar-refractivity contribution in [3.8, 4) is 6.01 Å². The van der Waals surface area contributed by atoms with Gasteiger partial charge in [-0.05, 0) is 13.3 Å². The normalized spacial score (nSPS) is 12.0. The summed E-state index contributed by atoms with van der Waals surface area (Å²) in [5, 5.41) is 6.18. The summed E-state index contributed by atoms with van der Waals surface area (Å²) in [6.07, 6.45) is 1.08. The maximum absolute atomic E-state index is 5.14. The van der Waals surface area contributed by atoms with Crippen LogP contribution in [0.4, 0.5) is 11.9 Å². The number of nitrogens with one attached hydrogen (secondary N) is 2. The van der Waals surface area contributed by atoms with E-state index in [9.17, 15) is 0 Å². The van der Waals surface area contributed by atoms with Gasteiger partial charge in [-0.25, -0.2) is 0 Å². The van der Waals surface area contributed by atoms with Gasteiger partial charge < -0.3 is 20.1 Å². The van der Waals surface area contributed by atoms with Crippen LogP contribution in [0.2, 0.25) is 0 Å². The van der Waals surface area contributed by atoms with Gasteiger partial charge in [-0.15, -0.1) is 0 Å². The first-order valence-electron chi connectivity index (χ1n) is 6.00. The topological polar surface area (TPSA) is 81.2 Å². The number of hydrogen-bond acceptors (Lipinski definition) is 7. The Hall–Kier alpha value is -1.63. The average Bonchev–Trinajstić information content (AvgIpc) is 2.42. The summed E-state index contributed by atoms with van der Waals surface area (Å²) in [5.41, 5.74) is 0. The number of methoxy groups -OCH3 is 2. The Bertz CT molecular complexity index is 361. The third kappa shape index (κ3) is 4.70. The maximum Gasteiger partial charge on any atom is 0.322 e. The molecule has 0 spiro atoms. The smallest absolute Gasteiger partial charge is 0.322 e. The fraction of sp³-hybridized carbons (Fsp3) is 0.727. The fourth-order valence-corrected chi connectivity index (χ4v) is 1.16. The van der Waals surface area contributed by atoms with Gasteiger partial charge in [0.2, 0.25) is 11.9 Å². The van der Waals surface area contributed by atoms with E-state index in [1.54, 1.807) is 7.11 Å². The molecule has 0 aromatic carbocycles. The molecule has 1 aromatic rings. The van der Waals surface area contributed by atoms with Gasteiger partial charge in [-0.1, -0.05) is 6.92 Å². The second kappa shape index (κ2) is 7.65. The summed E-state index contributed by atoms with van der Waals surface area (Å²) in [7, 11) is 3.19. The molecule has 0 fully saturated rings. The lowest BCUT2D eigenvalue weighted by molar-refractivity contribution is 0.128. The van der Waals surface area contributed by atoms with Gasteiger partial charge in [-0.3, -0.25) is 0 Å². The highest BCUT2D eigenvalue weighted by Gasteiger charge is 2.07. The summed E-state index contributed by atoms with van der Waals surface area (Å²) >= 11 is 0. The van der Waals surface area contributed by atoms with Gasteiger partial charge >= 0.3 is 6.01 Å². The van der Waals surface area contributed by atoms with Crippen LogP contribution in [0.25, 0.3) is 0 Å². The lowest BCUT2D eigenvalue weighted by atomic mass is 10.4. The lowest BCUT2D eigenvalue weighted by Gasteiger charge is -2.12. The zero-order valence-corrected chi connectivity index (χ0v) is 11.4. The molecule has 1 atom stereocenters. The average molecular weight is 255 g/mol. The first-order valence-corrected chi connectivity index (χ1v) is 6.00. The highest BCUT2D eigenvalue weighted by atomic mass is 16.5. The molecule has 0 aliphatic rings. The van der Waals surface area contributed by atoms with Gasteiger partial charge in [0.25, 0.3) is 0 Å². The molecule has 18 heavy (non-hydrogen) atoms. The molecule has 7 nitrogen and oxygen atoms in total. The number of nitrogens with zero attached hydrogens (tertiary/aromatic N) is 3. The molecule has 0 amide bonds. The first-order chi connectivity index (χ1) is 8.69. The molecule has 7 heteroatoms. The standard InChI is InChI=1S/C11H21N5O2/c1-5-6-12-9-14-10(13-7-8(2)17-3)16-11(15-9)18-4/h8H,5-7H2,1-4H3,(H2,12,13,14,15,16). The van der Waals surface area contributed by atoms with Crippen molar-refractivity contribution in [1.29, 1.82) is 0 Å². The number of aromatic nitrogens is 3. The zero-order chi connectivity index (χ0) is 13.4. The van der Waals surface area contributed by atoms with Gasteiger partial charge in [0.1, 0.15) is 0 Å². The molecular weight excluding hydrogens is 234 g/mol. The van der Waals surface area contributed by atoms with Crippen LogP contribution in [0, 0.1) is 0 Å². The second-order valence-electron chi connectivity index (χ2n) is 3.82. The number of ether oxygens (including phenoxy) is 2. The van der Waals surface area contributed by atoms with Crippen LogP contribution in [0.1, 0.15) is 20.3 Å². The van der Waals surface area contributed by atoms with E-state index in [-0.39, 0.29) is 12.1 Å². The third-order valence-electron chi connectivity index (χ3n) is 2.28. The molecule has 0 radical (unpaired) electrons. The maximum atomic E-state index is 5.14.